The highest BCUT2D eigenvalue weighted by Gasteiger charge is 2.38. The molecule has 0 spiro atoms. The molecule has 0 N–H and O–H groups in total. The molecule has 8 heteroatoms. The van der Waals surface area contributed by atoms with Crippen molar-refractivity contribution < 1.29 is 19.2 Å². The zero-order valence-electron chi connectivity index (χ0n) is 37.9. The van der Waals surface area contributed by atoms with Crippen molar-refractivity contribution in [2.45, 2.75) is 38.5 Å². The Kier molecular flexibility index (Phi) is 9.31. The number of fused-ring (bicyclic) bond motifs is 6. The van der Waals surface area contributed by atoms with Crippen molar-refractivity contribution in [1.29, 1.82) is 10.5 Å². The van der Waals surface area contributed by atoms with Crippen LogP contribution in [0.15, 0.2) is 146 Å². The molecule has 13 rings (SSSR count). The van der Waals surface area contributed by atoms with E-state index in [-0.39, 0.29) is 35.3 Å². The van der Waals surface area contributed by atoms with Gasteiger partial charge in [-0.25, -0.2) is 0 Å². The molecule has 0 saturated carbocycles. The number of rotatable bonds is 10. The second kappa shape index (κ2) is 15.8. The Morgan fingerprint density at radius 1 is 0.343 bits per heavy atom. The van der Waals surface area contributed by atoms with Gasteiger partial charge in [0.15, 0.2) is 0 Å². The maximum Gasteiger partial charge on any atom is 0.261 e. The molecule has 8 nitrogen and oxygen atoms in total. The molecule has 0 bridgehead atoms. The summed E-state index contributed by atoms with van der Waals surface area (Å²) in [6.45, 7) is 0.416. The van der Waals surface area contributed by atoms with Crippen molar-refractivity contribution in [3.8, 4) is 12.1 Å². The normalized spacial score (nSPS) is 13.6. The first-order valence-corrected chi connectivity index (χ1v) is 23.9. The van der Waals surface area contributed by atoms with Gasteiger partial charge in [-0.2, -0.15) is 10.5 Å². The number of imide groups is 2. The van der Waals surface area contributed by atoms with E-state index in [1.165, 1.54) is 64.0 Å². The van der Waals surface area contributed by atoms with E-state index in [0.717, 1.165) is 25.7 Å². The zero-order chi connectivity index (χ0) is 47.4. The molecule has 332 valence electrons. The first-order valence-electron chi connectivity index (χ1n) is 23.9. The standard InChI is InChI=1S/C62H40N4O4/c63-33-39-31-51-55-49(59(67)65(61(51)69)27-11-9-21-45-41-17-5-1-13-35(41)29-36-14-2-6-18-42(36)45)25-23-47-54-40(34-64)32-52-56-50(26-24-48(58(54)56)53(39)57(47)55)60(68)66(62(52)70)28-12-10-22-46-43-19-7-3-15-37(43)30-38-16-4-8-20-44(38)46/h1-8,13-20,23-26,29-32H,9-12,21-22,27-28H2. The number of hydrogen-bond donors (Lipinski definition) is 0. The van der Waals surface area contributed by atoms with E-state index in [2.05, 4.69) is 97.1 Å². The Morgan fingerprint density at radius 2 is 0.686 bits per heavy atom. The van der Waals surface area contributed by atoms with Crippen LogP contribution in [0.3, 0.4) is 0 Å². The van der Waals surface area contributed by atoms with Crippen LogP contribution < -0.4 is 0 Å². The summed E-state index contributed by atoms with van der Waals surface area (Å²) < 4.78 is 0. The minimum absolute atomic E-state index is 0.208. The van der Waals surface area contributed by atoms with E-state index < -0.39 is 23.6 Å². The van der Waals surface area contributed by atoms with Crippen LogP contribution in [-0.4, -0.2) is 46.5 Å². The molecular weight excluding hydrogens is 865 g/mol. The van der Waals surface area contributed by atoms with E-state index >= 15 is 0 Å². The second-order valence-corrected chi connectivity index (χ2v) is 18.8. The first-order chi connectivity index (χ1) is 34.3. The minimum Gasteiger partial charge on any atom is -0.274 e. The third-order valence-electron chi connectivity index (χ3n) is 15.1. The predicted molar refractivity (Wildman–Crippen MR) is 277 cm³/mol. The summed E-state index contributed by atoms with van der Waals surface area (Å²) in [4.78, 5) is 60.7. The van der Waals surface area contributed by atoms with Crippen LogP contribution in [0.5, 0.6) is 0 Å². The third-order valence-corrected chi connectivity index (χ3v) is 15.1. The highest BCUT2D eigenvalue weighted by Crippen LogP contribution is 2.49. The molecule has 4 amide bonds. The van der Waals surface area contributed by atoms with Crippen molar-refractivity contribution in [1.82, 2.24) is 9.80 Å². The van der Waals surface area contributed by atoms with Crippen LogP contribution >= 0.6 is 0 Å². The van der Waals surface area contributed by atoms with E-state index in [1.807, 2.05) is 24.3 Å². The van der Waals surface area contributed by atoms with E-state index in [1.54, 1.807) is 36.4 Å². The number of carbonyl (C=O) groups excluding carboxylic acids is 4. The maximum absolute atomic E-state index is 14.6. The fourth-order valence-corrected chi connectivity index (χ4v) is 12.0. The Morgan fingerprint density at radius 3 is 1.04 bits per heavy atom. The zero-order valence-corrected chi connectivity index (χ0v) is 37.9. The lowest BCUT2D eigenvalue weighted by atomic mass is 9.79. The van der Waals surface area contributed by atoms with Crippen LogP contribution in [0.1, 0.15) is 89.4 Å². The molecule has 0 aromatic heterocycles. The Balaban J connectivity index is 0.832. The summed E-state index contributed by atoms with van der Waals surface area (Å²) in [7, 11) is 0. The summed E-state index contributed by atoms with van der Waals surface area (Å²) >= 11 is 0. The van der Waals surface area contributed by atoms with Gasteiger partial charge in [0.1, 0.15) is 0 Å². The molecule has 0 atom stereocenters. The second-order valence-electron chi connectivity index (χ2n) is 18.8. The summed E-state index contributed by atoms with van der Waals surface area (Å²) in [5, 5.41) is 35.2. The fourth-order valence-electron chi connectivity index (χ4n) is 12.0. The number of amides is 4. The third kappa shape index (κ3) is 5.93. The average Bonchev–Trinajstić information content (AvgIpc) is 3.39. The molecule has 2 heterocycles. The van der Waals surface area contributed by atoms with Crippen molar-refractivity contribution in [2.24, 2.45) is 0 Å². The lowest BCUT2D eigenvalue weighted by Gasteiger charge is -2.30. The van der Waals surface area contributed by atoms with Crippen molar-refractivity contribution >= 4 is 110 Å². The maximum atomic E-state index is 14.6. The molecule has 70 heavy (non-hydrogen) atoms. The van der Waals surface area contributed by atoms with E-state index in [9.17, 15) is 29.7 Å². The Labute approximate surface area is 401 Å². The largest absolute Gasteiger partial charge is 0.274 e. The van der Waals surface area contributed by atoms with Crippen LogP contribution in [0.4, 0.5) is 0 Å². The van der Waals surface area contributed by atoms with Gasteiger partial charge in [-0.3, -0.25) is 29.0 Å². The molecule has 11 aromatic carbocycles. The van der Waals surface area contributed by atoms with Gasteiger partial charge >= 0.3 is 0 Å². The predicted octanol–water partition coefficient (Wildman–Crippen LogP) is 13.3. The van der Waals surface area contributed by atoms with Gasteiger partial charge in [0.05, 0.1) is 34.4 Å². The number of nitrogens with zero attached hydrogens (tertiary/aromatic N) is 4. The molecule has 0 saturated heterocycles. The van der Waals surface area contributed by atoms with Gasteiger partial charge in [0, 0.05) is 56.5 Å². The fraction of sp³-hybridized carbons (Fsp3) is 0.129. The van der Waals surface area contributed by atoms with Gasteiger partial charge in [-0.1, -0.05) is 109 Å². The number of aryl methyl sites for hydroxylation is 2. The topological polar surface area (TPSA) is 122 Å². The molecule has 2 aliphatic rings. The quantitative estimate of drug-likeness (QED) is 0.0583. The number of hydrogen-bond acceptors (Lipinski definition) is 6. The summed E-state index contributed by atoms with van der Waals surface area (Å²) in [5.74, 6) is -1.75. The van der Waals surface area contributed by atoms with Crippen molar-refractivity contribution in [3.05, 3.63) is 190 Å². The van der Waals surface area contributed by atoms with Gasteiger partial charge in [0.2, 0.25) is 0 Å². The molecule has 11 aromatic rings. The number of nitriles is 2. The number of carbonyl (C=O) groups is 4. The minimum atomic E-state index is -0.466. The van der Waals surface area contributed by atoms with Crippen LogP contribution in [-0.2, 0) is 12.8 Å². The number of benzene rings is 11. The highest BCUT2D eigenvalue weighted by molar-refractivity contribution is 6.42. The van der Waals surface area contributed by atoms with Crippen molar-refractivity contribution in [2.75, 3.05) is 13.1 Å². The van der Waals surface area contributed by atoms with Gasteiger partial charge in [0.25, 0.3) is 23.6 Å². The van der Waals surface area contributed by atoms with Gasteiger partial charge < -0.3 is 0 Å². The average molecular weight is 905 g/mol. The van der Waals surface area contributed by atoms with E-state index in [0.29, 0.717) is 67.1 Å². The molecule has 0 fully saturated rings. The van der Waals surface area contributed by atoms with Crippen LogP contribution in [0, 0.1) is 22.7 Å². The van der Waals surface area contributed by atoms with Crippen molar-refractivity contribution in [3.63, 3.8) is 0 Å². The molecule has 0 unspecified atom stereocenters. The van der Waals surface area contributed by atoms with E-state index in [4.69, 9.17) is 0 Å². The molecule has 0 aliphatic carbocycles. The van der Waals surface area contributed by atoms with Crippen LogP contribution in [0.2, 0.25) is 0 Å². The monoisotopic (exact) mass is 904 g/mol. The molecule has 0 radical (unpaired) electrons. The van der Waals surface area contributed by atoms with Gasteiger partial charge in [-0.05, 0) is 140 Å². The molecule has 2 aliphatic heterocycles. The Hall–Kier alpha value is -8.98. The van der Waals surface area contributed by atoms with Gasteiger partial charge in [-0.15, -0.1) is 0 Å². The van der Waals surface area contributed by atoms with Crippen LogP contribution in [0.25, 0.3) is 86.2 Å². The summed E-state index contributed by atoms with van der Waals surface area (Å²) in [6.07, 6.45) is 4.18. The number of unbranched alkanes of at least 4 members (excludes halogenated alkanes) is 2. The first kappa shape index (κ1) is 41.2. The highest BCUT2D eigenvalue weighted by atomic mass is 16.2. The molecular formula is C62H40N4O4. The smallest absolute Gasteiger partial charge is 0.261 e. The summed E-state index contributed by atoms with van der Waals surface area (Å²) in [6, 6.07) is 52.7. The lowest BCUT2D eigenvalue weighted by molar-refractivity contribution is 0.0592. The summed E-state index contributed by atoms with van der Waals surface area (Å²) in [5.41, 5.74) is 4.16. The Bertz CT molecular complexity index is 3890. The lowest BCUT2D eigenvalue weighted by Crippen LogP contribution is -2.41. The SMILES string of the molecule is N#Cc1cc2c3c(ccc4c5c(C#N)cc6c7c(ccc(c1c34)c75)C(=O)N(CCCCc1c3ccccc3cc3ccccc13)C6=O)C(=O)N(CCCCc1c3ccccc3cc3ccccc13)C2=O.